The van der Waals surface area contributed by atoms with Crippen molar-refractivity contribution in [3.05, 3.63) is 33.4 Å². The number of halogens is 1. The summed E-state index contributed by atoms with van der Waals surface area (Å²) < 4.78 is 26.5. The van der Waals surface area contributed by atoms with Crippen molar-refractivity contribution in [2.45, 2.75) is 25.2 Å². The Morgan fingerprint density at radius 2 is 1.90 bits per heavy atom. The molecule has 20 heavy (non-hydrogen) atoms. The molecule has 0 aliphatic rings. The number of rotatable bonds is 6. The van der Waals surface area contributed by atoms with E-state index in [9.17, 15) is 18.5 Å². The van der Waals surface area contributed by atoms with Gasteiger partial charge in [0.05, 0.1) is 9.82 Å². The first-order valence-corrected chi connectivity index (χ1v) is 7.23. The highest BCUT2D eigenvalue weighted by Gasteiger charge is 2.22. The summed E-state index contributed by atoms with van der Waals surface area (Å²) in [5, 5.41) is 10.8. The van der Waals surface area contributed by atoms with Gasteiger partial charge < -0.3 is 5.73 Å². The molecule has 0 atom stereocenters. The maximum atomic E-state index is 12.0. The lowest BCUT2D eigenvalue weighted by atomic mass is 10.1. The van der Waals surface area contributed by atoms with Crippen molar-refractivity contribution in [3.63, 3.8) is 0 Å². The number of nitrogens with two attached hydrogens (primary N) is 1. The zero-order valence-corrected chi connectivity index (χ0v) is 12.9. The van der Waals surface area contributed by atoms with E-state index in [-0.39, 0.29) is 29.5 Å². The molecule has 0 heterocycles. The van der Waals surface area contributed by atoms with Crippen LogP contribution >= 0.6 is 12.4 Å². The molecule has 0 unspecified atom stereocenters. The number of nitrogens with zero attached hydrogens (tertiary/aromatic N) is 1. The second-order valence-electron chi connectivity index (χ2n) is 4.20. The molecule has 0 saturated heterocycles. The lowest BCUT2D eigenvalue weighted by Crippen LogP contribution is -2.27. The van der Waals surface area contributed by atoms with E-state index < -0.39 is 14.9 Å². The fraction of sp³-hybridized carbons (Fsp3) is 0.455. The van der Waals surface area contributed by atoms with Gasteiger partial charge in [-0.25, -0.2) is 13.1 Å². The van der Waals surface area contributed by atoms with Crippen molar-refractivity contribution < 1.29 is 13.3 Å². The predicted molar refractivity (Wildman–Crippen MR) is 78.7 cm³/mol. The number of hydrogen-bond acceptors (Lipinski definition) is 5. The van der Waals surface area contributed by atoms with Crippen molar-refractivity contribution in [1.82, 2.24) is 4.72 Å². The SMILES string of the molecule is Cc1cc(C)c(S(=O)(=O)NCCCN)cc1[N+](=O)[O-].Cl. The summed E-state index contributed by atoms with van der Waals surface area (Å²) in [7, 11) is -3.75. The molecule has 3 N–H and O–H groups in total. The third kappa shape index (κ3) is 4.41. The third-order valence-electron chi connectivity index (χ3n) is 2.65. The Bertz CT molecular complexity index is 590. The van der Waals surface area contributed by atoms with Gasteiger partial charge in [-0.3, -0.25) is 10.1 Å². The lowest BCUT2D eigenvalue weighted by Gasteiger charge is -2.10. The third-order valence-corrected chi connectivity index (χ3v) is 4.26. The molecule has 9 heteroatoms. The maximum absolute atomic E-state index is 12.0. The highest BCUT2D eigenvalue weighted by atomic mass is 35.5. The predicted octanol–water partition coefficient (Wildman–Crippen LogP) is 1.26. The molecule has 0 saturated carbocycles. The summed E-state index contributed by atoms with van der Waals surface area (Å²) in [5.41, 5.74) is 5.99. The topological polar surface area (TPSA) is 115 Å². The second-order valence-corrected chi connectivity index (χ2v) is 5.94. The van der Waals surface area contributed by atoms with E-state index in [1.807, 2.05) is 0 Å². The van der Waals surface area contributed by atoms with Crippen molar-refractivity contribution in [2.24, 2.45) is 5.73 Å². The number of aryl methyl sites for hydroxylation is 2. The molecule has 1 aromatic rings. The number of sulfonamides is 1. The molecule has 0 aliphatic heterocycles. The normalized spacial score (nSPS) is 10.9. The minimum absolute atomic E-state index is 0. The van der Waals surface area contributed by atoms with Crippen LogP contribution in [0, 0.1) is 24.0 Å². The monoisotopic (exact) mass is 323 g/mol. The van der Waals surface area contributed by atoms with E-state index in [1.165, 1.54) is 6.07 Å². The van der Waals surface area contributed by atoms with Crippen LogP contribution in [0.4, 0.5) is 5.69 Å². The van der Waals surface area contributed by atoms with E-state index in [2.05, 4.69) is 4.72 Å². The first-order valence-electron chi connectivity index (χ1n) is 5.75. The van der Waals surface area contributed by atoms with Crippen LogP contribution in [0.15, 0.2) is 17.0 Å². The second kappa shape index (κ2) is 7.53. The molecule has 114 valence electrons. The van der Waals surface area contributed by atoms with Crippen LogP contribution in [0.25, 0.3) is 0 Å². The van der Waals surface area contributed by atoms with E-state index in [1.54, 1.807) is 13.8 Å². The Labute approximate surface area is 124 Å². The molecular formula is C11H18ClN3O4S. The molecule has 0 amide bonds. The first-order chi connectivity index (χ1) is 8.79. The van der Waals surface area contributed by atoms with Crippen LogP contribution in [0.5, 0.6) is 0 Å². The minimum Gasteiger partial charge on any atom is -0.330 e. The smallest absolute Gasteiger partial charge is 0.273 e. The van der Waals surface area contributed by atoms with Gasteiger partial charge in [0.2, 0.25) is 10.0 Å². The van der Waals surface area contributed by atoms with Crippen LogP contribution < -0.4 is 10.5 Å². The number of nitro benzene ring substituents is 1. The molecule has 0 fully saturated rings. The summed E-state index contributed by atoms with van der Waals surface area (Å²) in [5.74, 6) is 0. The van der Waals surface area contributed by atoms with E-state index in [0.717, 1.165) is 6.07 Å². The highest BCUT2D eigenvalue weighted by Crippen LogP contribution is 2.25. The van der Waals surface area contributed by atoms with Crippen LogP contribution in [-0.2, 0) is 10.0 Å². The van der Waals surface area contributed by atoms with Gasteiger partial charge in [0.15, 0.2) is 0 Å². The van der Waals surface area contributed by atoms with Gasteiger partial charge in [-0.15, -0.1) is 12.4 Å². The number of benzene rings is 1. The fourth-order valence-corrected chi connectivity index (χ4v) is 3.01. The Hall–Kier alpha value is -1.22. The van der Waals surface area contributed by atoms with E-state index >= 15 is 0 Å². The molecule has 0 radical (unpaired) electrons. The van der Waals surface area contributed by atoms with E-state index in [0.29, 0.717) is 24.1 Å². The van der Waals surface area contributed by atoms with Crippen molar-refractivity contribution in [2.75, 3.05) is 13.1 Å². The van der Waals surface area contributed by atoms with Crippen molar-refractivity contribution in [3.8, 4) is 0 Å². The summed E-state index contributed by atoms with van der Waals surface area (Å²) in [6.07, 6.45) is 0.506. The Balaban J connectivity index is 0.00000361. The molecule has 1 aromatic carbocycles. The quantitative estimate of drug-likeness (QED) is 0.464. The van der Waals surface area contributed by atoms with Gasteiger partial charge in [-0.2, -0.15) is 0 Å². The summed E-state index contributed by atoms with van der Waals surface area (Å²) in [6.45, 7) is 3.76. The molecular weight excluding hydrogens is 306 g/mol. The van der Waals surface area contributed by atoms with E-state index in [4.69, 9.17) is 5.73 Å². The standard InChI is InChI=1S/C11H17N3O4S.ClH/c1-8-6-9(2)11(7-10(8)14(15)16)19(17,18)13-5-3-4-12;/h6-7,13H,3-5,12H2,1-2H3;1H. The average Bonchev–Trinajstić information content (AvgIpc) is 2.28. The van der Waals surface area contributed by atoms with Crippen molar-refractivity contribution in [1.29, 1.82) is 0 Å². The molecule has 0 spiro atoms. The molecule has 0 aliphatic carbocycles. The van der Waals surface area contributed by atoms with Crippen LogP contribution in [-0.4, -0.2) is 26.4 Å². The fourth-order valence-electron chi connectivity index (χ4n) is 1.69. The van der Waals surface area contributed by atoms with Gasteiger partial charge in [-0.05, 0) is 38.4 Å². The van der Waals surface area contributed by atoms with Crippen molar-refractivity contribution >= 4 is 28.1 Å². The highest BCUT2D eigenvalue weighted by molar-refractivity contribution is 7.89. The van der Waals surface area contributed by atoms with Crippen LogP contribution in [0.3, 0.4) is 0 Å². The zero-order valence-electron chi connectivity index (χ0n) is 11.3. The summed E-state index contributed by atoms with van der Waals surface area (Å²) in [4.78, 5) is 10.2. The summed E-state index contributed by atoms with van der Waals surface area (Å²) >= 11 is 0. The summed E-state index contributed by atoms with van der Waals surface area (Å²) in [6, 6.07) is 2.59. The Morgan fingerprint density at radius 3 is 2.40 bits per heavy atom. The van der Waals surface area contributed by atoms with Gasteiger partial charge in [0.1, 0.15) is 0 Å². The molecule has 7 nitrogen and oxygen atoms in total. The van der Waals surface area contributed by atoms with Gasteiger partial charge in [0.25, 0.3) is 5.69 Å². The van der Waals surface area contributed by atoms with Crippen LogP contribution in [0.1, 0.15) is 17.5 Å². The largest absolute Gasteiger partial charge is 0.330 e. The maximum Gasteiger partial charge on any atom is 0.273 e. The van der Waals surface area contributed by atoms with Gasteiger partial charge in [0, 0.05) is 18.2 Å². The minimum atomic E-state index is -3.75. The average molecular weight is 324 g/mol. The van der Waals surface area contributed by atoms with Crippen LogP contribution in [0.2, 0.25) is 0 Å². The lowest BCUT2D eigenvalue weighted by molar-refractivity contribution is -0.385. The number of nitrogens with one attached hydrogen (secondary N) is 1. The van der Waals surface area contributed by atoms with Gasteiger partial charge in [-0.1, -0.05) is 0 Å². The molecule has 0 aromatic heterocycles. The zero-order chi connectivity index (χ0) is 14.6. The number of nitro groups is 1. The van der Waals surface area contributed by atoms with Gasteiger partial charge >= 0.3 is 0 Å². The number of hydrogen-bond donors (Lipinski definition) is 2. The first kappa shape index (κ1) is 18.8. The Kier molecular flexibility index (Phi) is 7.07. The molecule has 0 bridgehead atoms. The Morgan fingerprint density at radius 1 is 1.30 bits per heavy atom. The molecule has 1 rings (SSSR count).